The van der Waals surface area contributed by atoms with E-state index in [0.29, 0.717) is 38.4 Å². The van der Waals surface area contributed by atoms with E-state index in [0.717, 1.165) is 11.4 Å². The SMILES string of the molecule is C=CCNc1ccnc(C(=O)N2CCN(c3ccc(F)cc3)CC2)c1. The van der Waals surface area contributed by atoms with Crippen LogP contribution in [0.4, 0.5) is 15.8 Å². The van der Waals surface area contributed by atoms with E-state index in [1.54, 1.807) is 35.4 Å². The van der Waals surface area contributed by atoms with Gasteiger partial charge < -0.3 is 15.1 Å². The summed E-state index contributed by atoms with van der Waals surface area (Å²) in [5.41, 5.74) is 2.26. The molecule has 0 bridgehead atoms. The minimum Gasteiger partial charge on any atom is -0.381 e. The van der Waals surface area contributed by atoms with Gasteiger partial charge >= 0.3 is 0 Å². The second-order valence-corrected chi connectivity index (χ2v) is 5.85. The molecule has 0 unspecified atom stereocenters. The van der Waals surface area contributed by atoms with Crippen LogP contribution < -0.4 is 10.2 Å². The Kier molecular flexibility index (Phi) is 5.28. The average Bonchev–Trinajstić information content (AvgIpc) is 2.67. The standard InChI is InChI=1S/C19H21FN4O/c1-2-8-21-16-7-9-22-18(14-16)19(25)24-12-10-23(11-13-24)17-5-3-15(20)4-6-17/h2-7,9,14H,1,8,10-13H2,(H,21,22). The Balaban J connectivity index is 1.61. The van der Waals surface area contributed by atoms with E-state index in [-0.39, 0.29) is 11.7 Å². The summed E-state index contributed by atoms with van der Waals surface area (Å²) in [5, 5.41) is 3.16. The van der Waals surface area contributed by atoms with Crippen molar-refractivity contribution in [2.45, 2.75) is 0 Å². The Morgan fingerprint density at radius 2 is 1.92 bits per heavy atom. The zero-order valence-electron chi connectivity index (χ0n) is 14.0. The van der Waals surface area contributed by atoms with Gasteiger partial charge in [0.25, 0.3) is 5.91 Å². The number of pyridine rings is 1. The van der Waals surface area contributed by atoms with E-state index in [1.165, 1.54) is 12.1 Å². The van der Waals surface area contributed by atoms with Gasteiger partial charge in [-0.3, -0.25) is 9.78 Å². The summed E-state index contributed by atoms with van der Waals surface area (Å²) in [4.78, 5) is 20.8. The molecule has 6 heteroatoms. The number of carbonyl (C=O) groups is 1. The van der Waals surface area contributed by atoms with E-state index in [4.69, 9.17) is 0 Å². The zero-order chi connectivity index (χ0) is 17.6. The first kappa shape index (κ1) is 17.0. The van der Waals surface area contributed by atoms with E-state index in [1.807, 2.05) is 6.07 Å². The lowest BCUT2D eigenvalue weighted by Gasteiger charge is -2.36. The number of halogens is 1. The summed E-state index contributed by atoms with van der Waals surface area (Å²) in [6.07, 6.45) is 3.39. The summed E-state index contributed by atoms with van der Waals surface area (Å²) < 4.78 is 13.0. The fourth-order valence-electron chi connectivity index (χ4n) is 2.83. The summed E-state index contributed by atoms with van der Waals surface area (Å²) in [6.45, 7) is 6.95. The molecule has 0 spiro atoms. The van der Waals surface area contributed by atoms with Crippen LogP contribution in [-0.4, -0.2) is 48.5 Å². The van der Waals surface area contributed by atoms with Crippen molar-refractivity contribution in [2.75, 3.05) is 42.9 Å². The maximum atomic E-state index is 13.0. The number of nitrogens with one attached hydrogen (secondary N) is 1. The van der Waals surface area contributed by atoms with E-state index in [2.05, 4.69) is 21.8 Å². The lowest BCUT2D eigenvalue weighted by Crippen LogP contribution is -2.49. The Morgan fingerprint density at radius 1 is 1.20 bits per heavy atom. The van der Waals surface area contributed by atoms with Gasteiger partial charge in [0.2, 0.25) is 0 Å². The predicted octanol–water partition coefficient (Wildman–Crippen LogP) is 2.78. The fraction of sp³-hybridized carbons (Fsp3) is 0.263. The van der Waals surface area contributed by atoms with Crippen molar-refractivity contribution >= 4 is 17.3 Å². The van der Waals surface area contributed by atoms with Crippen LogP contribution in [0.1, 0.15) is 10.5 Å². The summed E-state index contributed by atoms with van der Waals surface area (Å²) >= 11 is 0. The average molecular weight is 340 g/mol. The number of piperazine rings is 1. The normalized spacial score (nSPS) is 14.3. The number of hydrogen-bond acceptors (Lipinski definition) is 4. The van der Waals surface area contributed by atoms with Crippen LogP contribution in [0.25, 0.3) is 0 Å². The van der Waals surface area contributed by atoms with Crippen molar-refractivity contribution < 1.29 is 9.18 Å². The largest absolute Gasteiger partial charge is 0.381 e. The Labute approximate surface area is 146 Å². The maximum absolute atomic E-state index is 13.0. The highest BCUT2D eigenvalue weighted by atomic mass is 19.1. The van der Waals surface area contributed by atoms with E-state index >= 15 is 0 Å². The number of anilines is 2. The number of amides is 1. The second-order valence-electron chi connectivity index (χ2n) is 5.85. The summed E-state index contributed by atoms with van der Waals surface area (Å²) in [6, 6.07) is 10.0. The summed E-state index contributed by atoms with van der Waals surface area (Å²) in [5.74, 6) is -0.311. The lowest BCUT2D eigenvalue weighted by atomic mass is 10.2. The molecule has 0 saturated carbocycles. The van der Waals surface area contributed by atoms with Gasteiger partial charge in [0.15, 0.2) is 0 Å². The fourth-order valence-corrected chi connectivity index (χ4v) is 2.83. The monoisotopic (exact) mass is 340 g/mol. The highest BCUT2D eigenvalue weighted by Crippen LogP contribution is 2.18. The Morgan fingerprint density at radius 3 is 2.60 bits per heavy atom. The van der Waals surface area contributed by atoms with Gasteiger partial charge in [0.05, 0.1) is 0 Å². The number of carbonyl (C=O) groups excluding carboxylic acids is 1. The molecule has 0 radical (unpaired) electrons. The quantitative estimate of drug-likeness (QED) is 0.851. The van der Waals surface area contributed by atoms with Crippen LogP contribution in [0.5, 0.6) is 0 Å². The minimum atomic E-state index is -0.242. The molecule has 1 fully saturated rings. The molecule has 1 aliphatic heterocycles. The van der Waals surface area contributed by atoms with Gasteiger partial charge in [-0.2, -0.15) is 0 Å². The van der Waals surface area contributed by atoms with Crippen LogP contribution in [0.2, 0.25) is 0 Å². The van der Waals surface area contributed by atoms with Gasteiger partial charge in [0.1, 0.15) is 11.5 Å². The van der Waals surface area contributed by atoms with Crippen LogP contribution in [0, 0.1) is 5.82 Å². The Bertz CT molecular complexity index is 739. The van der Waals surface area contributed by atoms with Crippen molar-refractivity contribution in [1.29, 1.82) is 0 Å². The third-order valence-electron chi connectivity index (χ3n) is 4.19. The molecule has 1 N–H and O–H groups in total. The van der Waals surface area contributed by atoms with Crippen molar-refractivity contribution in [3.63, 3.8) is 0 Å². The third kappa shape index (κ3) is 4.15. The van der Waals surface area contributed by atoms with Crippen LogP contribution in [0.3, 0.4) is 0 Å². The number of aromatic nitrogens is 1. The van der Waals surface area contributed by atoms with Gasteiger partial charge in [-0.15, -0.1) is 6.58 Å². The molecule has 1 aliphatic rings. The second kappa shape index (κ2) is 7.79. The smallest absolute Gasteiger partial charge is 0.272 e. The molecule has 1 aromatic heterocycles. The summed E-state index contributed by atoms with van der Waals surface area (Å²) in [7, 11) is 0. The highest BCUT2D eigenvalue weighted by Gasteiger charge is 2.23. The number of nitrogens with zero attached hydrogens (tertiary/aromatic N) is 3. The molecule has 1 aromatic carbocycles. The van der Waals surface area contributed by atoms with Crippen molar-refractivity contribution in [3.05, 3.63) is 66.8 Å². The zero-order valence-corrected chi connectivity index (χ0v) is 14.0. The molecule has 1 amide bonds. The van der Waals surface area contributed by atoms with Gasteiger partial charge in [-0.1, -0.05) is 6.08 Å². The van der Waals surface area contributed by atoms with Crippen LogP contribution >= 0.6 is 0 Å². The van der Waals surface area contributed by atoms with E-state index in [9.17, 15) is 9.18 Å². The third-order valence-corrected chi connectivity index (χ3v) is 4.19. The number of rotatable bonds is 5. The molecule has 5 nitrogen and oxygen atoms in total. The van der Waals surface area contributed by atoms with E-state index < -0.39 is 0 Å². The first-order chi connectivity index (χ1) is 12.2. The number of benzene rings is 1. The molecule has 3 rings (SSSR count). The van der Waals surface area contributed by atoms with Gasteiger partial charge in [0, 0.05) is 50.3 Å². The topological polar surface area (TPSA) is 48.5 Å². The number of hydrogen-bond donors (Lipinski definition) is 1. The molecular weight excluding hydrogens is 319 g/mol. The van der Waals surface area contributed by atoms with Crippen LogP contribution in [-0.2, 0) is 0 Å². The first-order valence-electron chi connectivity index (χ1n) is 8.28. The van der Waals surface area contributed by atoms with Gasteiger partial charge in [-0.05, 0) is 36.4 Å². The van der Waals surface area contributed by atoms with Crippen molar-refractivity contribution in [3.8, 4) is 0 Å². The Hall–Kier alpha value is -2.89. The molecule has 130 valence electrons. The van der Waals surface area contributed by atoms with Gasteiger partial charge in [-0.25, -0.2) is 4.39 Å². The molecule has 2 heterocycles. The first-order valence-corrected chi connectivity index (χ1v) is 8.28. The van der Waals surface area contributed by atoms with Crippen molar-refractivity contribution in [2.24, 2.45) is 0 Å². The molecule has 0 atom stereocenters. The predicted molar refractivity (Wildman–Crippen MR) is 97.4 cm³/mol. The maximum Gasteiger partial charge on any atom is 0.272 e. The van der Waals surface area contributed by atoms with Crippen LogP contribution in [0.15, 0.2) is 55.3 Å². The molecule has 25 heavy (non-hydrogen) atoms. The minimum absolute atomic E-state index is 0.0685. The molecular formula is C19H21FN4O. The molecule has 1 saturated heterocycles. The molecule has 2 aromatic rings. The molecule has 0 aliphatic carbocycles. The lowest BCUT2D eigenvalue weighted by molar-refractivity contribution is 0.0741. The van der Waals surface area contributed by atoms with Crippen molar-refractivity contribution in [1.82, 2.24) is 9.88 Å². The highest BCUT2D eigenvalue weighted by molar-refractivity contribution is 5.93.